The number of nitrogens with zero attached hydrogens (tertiary/aromatic N) is 2. The normalized spacial score (nSPS) is 17.6. The topological polar surface area (TPSA) is 78.6 Å². The second kappa shape index (κ2) is 8.89. The molecule has 4 aromatic rings. The lowest BCUT2D eigenvalue weighted by Crippen LogP contribution is -2.29. The van der Waals surface area contributed by atoms with E-state index in [1.165, 1.54) is 30.3 Å². The molecule has 2 atom stereocenters. The van der Waals surface area contributed by atoms with E-state index in [-0.39, 0.29) is 17.4 Å². The van der Waals surface area contributed by atoms with Crippen molar-refractivity contribution in [3.05, 3.63) is 107 Å². The summed E-state index contributed by atoms with van der Waals surface area (Å²) in [5.74, 6) is -0.445. The van der Waals surface area contributed by atoms with E-state index in [0.29, 0.717) is 32.9 Å². The van der Waals surface area contributed by atoms with Gasteiger partial charge in [0.1, 0.15) is 23.4 Å². The average Bonchev–Trinajstić information content (AvgIpc) is 3.45. The number of aromatic carboxylic acids is 1. The zero-order chi connectivity index (χ0) is 23.8. The molecule has 1 aliphatic rings. The van der Waals surface area contributed by atoms with Crippen LogP contribution in [0.15, 0.2) is 83.4 Å². The molecule has 170 valence electrons. The Labute approximate surface area is 204 Å². The summed E-state index contributed by atoms with van der Waals surface area (Å²) >= 11 is 12.0. The number of anilines is 1. The van der Waals surface area contributed by atoms with E-state index in [0.717, 1.165) is 5.69 Å². The first kappa shape index (κ1) is 22.1. The van der Waals surface area contributed by atoms with Gasteiger partial charge in [-0.3, -0.25) is 4.98 Å². The van der Waals surface area contributed by atoms with Gasteiger partial charge in [0.15, 0.2) is 5.11 Å². The molecule has 0 saturated carbocycles. The van der Waals surface area contributed by atoms with E-state index < -0.39 is 12.0 Å². The molecule has 6 nitrogen and oxygen atoms in total. The van der Waals surface area contributed by atoms with E-state index in [1.54, 1.807) is 30.5 Å². The SMILES string of the molecule is O=C(O)c1ccc(Cl)c(-c2ccc([C@@H]3[C@H](c4ccccn4)NC(=S)N3c3ccc(F)cc3)o2)c1. The van der Waals surface area contributed by atoms with Crippen molar-refractivity contribution in [1.29, 1.82) is 0 Å². The van der Waals surface area contributed by atoms with Crippen molar-refractivity contribution >= 4 is 40.6 Å². The first-order valence-corrected chi connectivity index (χ1v) is 11.1. The third-order valence-electron chi connectivity index (χ3n) is 5.60. The van der Waals surface area contributed by atoms with Crippen molar-refractivity contribution in [1.82, 2.24) is 10.3 Å². The standard InChI is InChI=1S/C25H17ClFN3O3S/c26-18-9-4-14(24(31)32)13-17(18)20-10-11-21(33-20)23-22(19-3-1-2-12-28-19)29-25(34)30(23)16-7-5-15(27)6-8-16/h1-13,22-23H,(H,29,34)(H,31,32)/t22-,23+/m0/s1. The van der Waals surface area contributed by atoms with Crippen molar-refractivity contribution in [2.45, 2.75) is 12.1 Å². The van der Waals surface area contributed by atoms with Crippen molar-refractivity contribution in [2.24, 2.45) is 0 Å². The lowest BCUT2D eigenvalue weighted by atomic mass is 10.0. The van der Waals surface area contributed by atoms with Crippen LogP contribution < -0.4 is 10.2 Å². The Morgan fingerprint density at radius 1 is 1.12 bits per heavy atom. The summed E-state index contributed by atoms with van der Waals surface area (Å²) < 4.78 is 19.8. The molecular formula is C25H17ClFN3O3S. The Morgan fingerprint density at radius 2 is 1.91 bits per heavy atom. The molecule has 0 radical (unpaired) electrons. The number of hydrogen-bond acceptors (Lipinski definition) is 4. The Kier molecular flexibility index (Phi) is 5.77. The average molecular weight is 494 g/mol. The molecule has 0 bridgehead atoms. The molecule has 0 spiro atoms. The maximum Gasteiger partial charge on any atom is 0.335 e. The minimum Gasteiger partial charge on any atom is -0.478 e. The van der Waals surface area contributed by atoms with Crippen LogP contribution in [0.2, 0.25) is 5.02 Å². The predicted octanol–water partition coefficient (Wildman–Crippen LogP) is 6.01. The second-order valence-corrected chi connectivity index (χ2v) is 8.47. The minimum absolute atomic E-state index is 0.0976. The third-order valence-corrected chi connectivity index (χ3v) is 6.24. The van der Waals surface area contributed by atoms with Gasteiger partial charge in [-0.15, -0.1) is 0 Å². The number of rotatable bonds is 5. The number of carbonyl (C=O) groups is 1. The van der Waals surface area contributed by atoms with E-state index in [4.69, 9.17) is 28.2 Å². The molecule has 3 heterocycles. The highest BCUT2D eigenvalue weighted by Gasteiger charge is 2.42. The van der Waals surface area contributed by atoms with Crippen LogP contribution in [0.3, 0.4) is 0 Å². The summed E-state index contributed by atoms with van der Waals surface area (Å²) in [6.45, 7) is 0. The minimum atomic E-state index is -1.06. The van der Waals surface area contributed by atoms with Crippen LogP contribution in [-0.4, -0.2) is 21.2 Å². The summed E-state index contributed by atoms with van der Waals surface area (Å²) in [7, 11) is 0. The Morgan fingerprint density at radius 3 is 2.62 bits per heavy atom. The molecule has 34 heavy (non-hydrogen) atoms. The second-order valence-electron chi connectivity index (χ2n) is 7.67. The molecule has 1 saturated heterocycles. The van der Waals surface area contributed by atoms with Gasteiger partial charge in [-0.25, -0.2) is 9.18 Å². The molecule has 0 unspecified atom stereocenters. The van der Waals surface area contributed by atoms with E-state index in [9.17, 15) is 14.3 Å². The molecule has 1 fully saturated rings. The molecular weight excluding hydrogens is 477 g/mol. The largest absolute Gasteiger partial charge is 0.478 e. The van der Waals surface area contributed by atoms with Crippen LogP contribution in [0.1, 0.15) is 33.9 Å². The maximum absolute atomic E-state index is 13.6. The van der Waals surface area contributed by atoms with Crippen LogP contribution in [0.5, 0.6) is 0 Å². The van der Waals surface area contributed by atoms with Gasteiger partial charge < -0.3 is 19.7 Å². The zero-order valence-electron chi connectivity index (χ0n) is 17.5. The lowest BCUT2D eigenvalue weighted by Gasteiger charge is -2.26. The molecule has 1 aliphatic heterocycles. The van der Waals surface area contributed by atoms with E-state index in [1.807, 2.05) is 23.1 Å². The first-order chi connectivity index (χ1) is 16.4. The van der Waals surface area contributed by atoms with Gasteiger partial charge in [-0.2, -0.15) is 0 Å². The molecule has 2 aromatic heterocycles. The van der Waals surface area contributed by atoms with Gasteiger partial charge in [0.2, 0.25) is 0 Å². The van der Waals surface area contributed by atoms with Gasteiger partial charge in [0, 0.05) is 17.4 Å². The van der Waals surface area contributed by atoms with Crippen LogP contribution in [0.25, 0.3) is 11.3 Å². The quantitative estimate of drug-likeness (QED) is 0.330. The summed E-state index contributed by atoms with van der Waals surface area (Å²) in [4.78, 5) is 17.8. The number of furan rings is 1. The summed E-state index contributed by atoms with van der Waals surface area (Å²) in [5, 5.41) is 13.5. The number of thiocarbonyl (C=S) groups is 1. The number of nitrogens with one attached hydrogen (secondary N) is 1. The summed E-state index contributed by atoms with van der Waals surface area (Å²) in [6.07, 6.45) is 1.70. The highest BCUT2D eigenvalue weighted by Crippen LogP contribution is 2.43. The Hall–Kier alpha value is -3.75. The number of benzene rings is 2. The van der Waals surface area contributed by atoms with Crippen LogP contribution >= 0.6 is 23.8 Å². The molecule has 0 amide bonds. The zero-order valence-corrected chi connectivity index (χ0v) is 19.1. The Bertz CT molecular complexity index is 1380. The van der Waals surface area contributed by atoms with Crippen molar-refractivity contribution in [3.8, 4) is 11.3 Å². The highest BCUT2D eigenvalue weighted by atomic mass is 35.5. The maximum atomic E-state index is 13.6. The summed E-state index contributed by atoms with van der Waals surface area (Å²) in [5.41, 5.74) is 2.00. The smallest absolute Gasteiger partial charge is 0.335 e. The number of hydrogen-bond donors (Lipinski definition) is 2. The highest BCUT2D eigenvalue weighted by molar-refractivity contribution is 7.80. The van der Waals surface area contributed by atoms with Gasteiger partial charge in [-0.1, -0.05) is 17.7 Å². The number of halogens is 2. The molecule has 0 aliphatic carbocycles. The van der Waals surface area contributed by atoms with Gasteiger partial charge in [0.25, 0.3) is 0 Å². The van der Waals surface area contributed by atoms with Crippen LogP contribution in [0.4, 0.5) is 10.1 Å². The summed E-state index contributed by atoms with van der Waals surface area (Å²) in [6, 6.07) is 18.8. The monoisotopic (exact) mass is 493 g/mol. The van der Waals surface area contributed by atoms with Crippen molar-refractivity contribution in [2.75, 3.05) is 4.90 Å². The van der Waals surface area contributed by atoms with Crippen molar-refractivity contribution in [3.63, 3.8) is 0 Å². The van der Waals surface area contributed by atoms with Crippen LogP contribution in [0, 0.1) is 5.82 Å². The fourth-order valence-corrected chi connectivity index (χ4v) is 4.58. The molecule has 2 N–H and O–H groups in total. The Balaban J connectivity index is 1.61. The number of carboxylic acid groups (broad SMARTS) is 1. The fourth-order valence-electron chi connectivity index (χ4n) is 4.03. The first-order valence-electron chi connectivity index (χ1n) is 10.3. The molecule has 9 heteroatoms. The van der Waals surface area contributed by atoms with E-state index in [2.05, 4.69) is 10.3 Å². The van der Waals surface area contributed by atoms with E-state index >= 15 is 0 Å². The van der Waals surface area contributed by atoms with Gasteiger partial charge in [-0.05, 0) is 78.9 Å². The third kappa shape index (κ3) is 4.02. The fraction of sp³-hybridized carbons (Fsp3) is 0.0800. The van der Waals surface area contributed by atoms with Gasteiger partial charge >= 0.3 is 5.97 Å². The number of carboxylic acids is 1. The lowest BCUT2D eigenvalue weighted by molar-refractivity contribution is 0.0697. The van der Waals surface area contributed by atoms with Crippen molar-refractivity contribution < 1.29 is 18.7 Å². The number of aromatic nitrogens is 1. The van der Waals surface area contributed by atoms with Gasteiger partial charge in [0.05, 0.1) is 22.3 Å². The number of pyridine rings is 1. The molecule has 2 aromatic carbocycles. The predicted molar refractivity (Wildman–Crippen MR) is 130 cm³/mol. The van der Waals surface area contributed by atoms with Crippen LogP contribution in [-0.2, 0) is 0 Å². The molecule has 5 rings (SSSR count).